The molecule has 4 atom stereocenters. The number of halogens is 2. The molecule has 0 saturated carbocycles. The number of pyridine rings is 1. The van der Waals surface area contributed by atoms with Crippen LogP contribution in [0, 0.1) is 11.6 Å². The summed E-state index contributed by atoms with van der Waals surface area (Å²) in [6.45, 7) is 3.16. The predicted molar refractivity (Wildman–Crippen MR) is 119 cm³/mol. The molecule has 1 aliphatic heterocycles. The van der Waals surface area contributed by atoms with Gasteiger partial charge in [-0.15, -0.1) is 0 Å². The number of Topliss-reactive ketones (excluding diaryl/α,β-unsaturated/α-hetero) is 1. The molecule has 1 fully saturated rings. The third kappa shape index (κ3) is 4.39. The lowest BCUT2D eigenvalue weighted by Crippen LogP contribution is -2.54. The fourth-order valence-electron chi connectivity index (χ4n) is 3.96. The van der Waals surface area contributed by atoms with Gasteiger partial charge in [-0.2, -0.15) is 0 Å². The highest BCUT2D eigenvalue weighted by molar-refractivity contribution is 6.00. The van der Waals surface area contributed by atoms with Crippen LogP contribution in [0.2, 0.25) is 0 Å². The van der Waals surface area contributed by atoms with E-state index in [0.29, 0.717) is 11.1 Å². The third-order valence-electron chi connectivity index (χ3n) is 6.21. The van der Waals surface area contributed by atoms with Crippen molar-refractivity contribution in [2.45, 2.75) is 50.6 Å². The van der Waals surface area contributed by atoms with Gasteiger partial charge < -0.3 is 20.7 Å². The summed E-state index contributed by atoms with van der Waals surface area (Å²) in [6, 6.07) is 5.03. The average molecular weight is 470 g/mol. The van der Waals surface area contributed by atoms with E-state index in [4.69, 9.17) is 10.5 Å². The summed E-state index contributed by atoms with van der Waals surface area (Å²) in [5.74, 6) is -2.54. The zero-order chi connectivity index (χ0) is 24.6. The molecule has 34 heavy (non-hydrogen) atoms. The van der Waals surface area contributed by atoms with Crippen molar-refractivity contribution in [2.75, 3.05) is 5.73 Å². The molecule has 0 spiro atoms. The Morgan fingerprint density at radius 3 is 2.65 bits per heavy atom. The van der Waals surface area contributed by atoms with Gasteiger partial charge >= 0.3 is 0 Å². The first-order chi connectivity index (χ1) is 16.1. The average Bonchev–Trinajstić information content (AvgIpc) is 2.78. The molecule has 0 radical (unpaired) electrons. The third-order valence-corrected chi connectivity index (χ3v) is 6.21. The number of anilines is 1. The maximum absolute atomic E-state index is 14.2. The summed E-state index contributed by atoms with van der Waals surface area (Å²) in [6.07, 6.45) is 1.84. The molecule has 8 nitrogen and oxygen atoms in total. The van der Waals surface area contributed by atoms with Crippen LogP contribution in [0.1, 0.15) is 48.0 Å². The molecular formula is C24H24F2N4O4. The van der Waals surface area contributed by atoms with Crippen LogP contribution in [0.3, 0.4) is 0 Å². The smallest absolute Gasteiger partial charge is 0.187 e. The summed E-state index contributed by atoms with van der Waals surface area (Å²) in [5.41, 5.74) is 4.96. The van der Waals surface area contributed by atoms with Crippen LogP contribution in [0.25, 0.3) is 11.4 Å². The van der Waals surface area contributed by atoms with Gasteiger partial charge in [0.05, 0.1) is 35.8 Å². The number of aromatic nitrogens is 3. The molecular weight excluding hydrogens is 446 g/mol. The van der Waals surface area contributed by atoms with Gasteiger partial charge in [0.1, 0.15) is 22.9 Å². The van der Waals surface area contributed by atoms with Crippen LogP contribution in [-0.2, 0) is 11.2 Å². The van der Waals surface area contributed by atoms with E-state index in [1.807, 2.05) is 0 Å². The SMILES string of the molecule is C[C@H]1O[C@@H](c2ccncc2CC(=O)c2nc(-c3c(F)cccc3F)ncc2N)C[C@@H](O)[C@]1(C)O. The number of nitrogens with two attached hydrogens (primary N) is 1. The molecule has 3 aromatic rings. The highest BCUT2D eigenvalue weighted by atomic mass is 19.1. The zero-order valence-corrected chi connectivity index (χ0v) is 18.6. The topological polar surface area (TPSA) is 131 Å². The molecule has 0 amide bonds. The Bertz CT molecular complexity index is 1200. The molecule has 1 saturated heterocycles. The van der Waals surface area contributed by atoms with E-state index < -0.39 is 46.9 Å². The van der Waals surface area contributed by atoms with Crippen LogP contribution in [-0.4, -0.2) is 48.8 Å². The first-order valence-corrected chi connectivity index (χ1v) is 10.7. The van der Waals surface area contributed by atoms with E-state index in [9.17, 15) is 23.8 Å². The fourth-order valence-corrected chi connectivity index (χ4v) is 3.96. The van der Waals surface area contributed by atoms with Crippen LogP contribution in [0.4, 0.5) is 14.5 Å². The molecule has 4 N–H and O–H groups in total. The zero-order valence-electron chi connectivity index (χ0n) is 18.6. The first-order valence-electron chi connectivity index (χ1n) is 10.7. The fraction of sp³-hybridized carbons (Fsp3) is 0.333. The van der Waals surface area contributed by atoms with Crippen LogP contribution < -0.4 is 5.73 Å². The minimum Gasteiger partial charge on any atom is -0.396 e. The first kappa shape index (κ1) is 23.8. The van der Waals surface area contributed by atoms with Crippen molar-refractivity contribution in [1.82, 2.24) is 15.0 Å². The van der Waals surface area contributed by atoms with Crippen molar-refractivity contribution in [3.05, 3.63) is 71.3 Å². The Morgan fingerprint density at radius 2 is 1.97 bits per heavy atom. The maximum Gasteiger partial charge on any atom is 0.187 e. The Morgan fingerprint density at radius 1 is 1.26 bits per heavy atom. The number of aliphatic hydroxyl groups is 2. The van der Waals surface area contributed by atoms with Crippen molar-refractivity contribution in [3.63, 3.8) is 0 Å². The van der Waals surface area contributed by atoms with Crippen LogP contribution >= 0.6 is 0 Å². The van der Waals surface area contributed by atoms with Crippen LogP contribution in [0.5, 0.6) is 0 Å². The molecule has 0 aliphatic carbocycles. The minimum absolute atomic E-state index is 0.0371. The molecule has 4 rings (SSSR count). The van der Waals surface area contributed by atoms with Gasteiger partial charge in [0.15, 0.2) is 11.6 Å². The summed E-state index contributed by atoms with van der Waals surface area (Å²) < 4.78 is 34.3. The van der Waals surface area contributed by atoms with Gasteiger partial charge in [0.2, 0.25) is 0 Å². The normalized spacial score (nSPS) is 24.7. The van der Waals surface area contributed by atoms with E-state index in [1.54, 1.807) is 13.0 Å². The Kier molecular flexibility index (Phi) is 6.39. The summed E-state index contributed by atoms with van der Waals surface area (Å²) in [7, 11) is 0. The molecule has 178 valence electrons. The number of ketones is 1. The Balaban J connectivity index is 1.64. The Hall–Kier alpha value is -3.34. The van der Waals surface area contributed by atoms with E-state index in [2.05, 4.69) is 15.0 Å². The Labute approximate surface area is 194 Å². The second-order valence-electron chi connectivity index (χ2n) is 8.51. The van der Waals surface area contributed by atoms with Crippen molar-refractivity contribution < 1.29 is 28.5 Å². The number of ether oxygens (including phenoxy) is 1. The highest BCUT2D eigenvalue weighted by Crippen LogP contribution is 2.38. The van der Waals surface area contributed by atoms with E-state index in [0.717, 1.165) is 18.3 Å². The van der Waals surface area contributed by atoms with Crippen LogP contribution in [0.15, 0.2) is 42.9 Å². The van der Waals surface area contributed by atoms with Gasteiger partial charge in [-0.25, -0.2) is 18.7 Å². The second kappa shape index (κ2) is 9.13. The van der Waals surface area contributed by atoms with Crippen molar-refractivity contribution in [2.24, 2.45) is 0 Å². The lowest BCUT2D eigenvalue weighted by molar-refractivity contribution is -0.215. The lowest BCUT2D eigenvalue weighted by Gasteiger charge is -2.43. The molecule has 3 heterocycles. The second-order valence-corrected chi connectivity index (χ2v) is 8.51. The largest absolute Gasteiger partial charge is 0.396 e. The molecule has 10 heteroatoms. The number of nitrogen functional groups attached to an aromatic ring is 1. The summed E-state index contributed by atoms with van der Waals surface area (Å²) in [5, 5.41) is 20.8. The molecule has 1 aromatic carbocycles. The molecule has 2 aromatic heterocycles. The number of rotatable bonds is 5. The number of hydrogen-bond donors (Lipinski definition) is 3. The van der Waals surface area contributed by atoms with Gasteiger partial charge in [-0.05, 0) is 43.2 Å². The number of aliphatic hydroxyl groups excluding tert-OH is 1. The van der Waals surface area contributed by atoms with Gasteiger partial charge in [-0.3, -0.25) is 9.78 Å². The van der Waals surface area contributed by atoms with Crippen molar-refractivity contribution in [1.29, 1.82) is 0 Å². The standard InChI is InChI=1S/C24H24F2N4O4/c1-12-24(2,33)20(32)9-19(34-12)14-6-7-28-10-13(14)8-18(31)22-17(27)11-29-23(30-22)21-15(25)4-3-5-16(21)26/h3-7,10-12,19-20,32-33H,8-9,27H2,1-2H3/t12-,19-,20-,24-/m1/s1. The number of hydrogen-bond acceptors (Lipinski definition) is 8. The predicted octanol–water partition coefficient (Wildman–Crippen LogP) is 2.79. The molecule has 0 bridgehead atoms. The molecule has 0 unspecified atom stereocenters. The van der Waals surface area contributed by atoms with Gasteiger partial charge in [-0.1, -0.05) is 6.07 Å². The number of carbonyl (C=O) groups is 1. The van der Waals surface area contributed by atoms with Crippen molar-refractivity contribution in [3.8, 4) is 11.4 Å². The quantitative estimate of drug-likeness (QED) is 0.485. The maximum atomic E-state index is 14.2. The van der Waals surface area contributed by atoms with Crippen molar-refractivity contribution >= 4 is 11.5 Å². The summed E-state index contributed by atoms with van der Waals surface area (Å²) >= 11 is 0. The van der Waals surface area contributed by atoms with E-state index in [1.165, 1.54) is 25.4 Å². The van der Waals surface area contributed by atoms with Gasteiger partial charge in [0.25, 0.3) is 0 Å². The number of benzene rings is 1. The number of nitrogens with zero attached hydrogens (tertiary/aromatic N) is 3. The lowest BCUT2D eigenvalue weighted by atomic mass is 9.84. The molecule has 1 aliphatic rings. The number of carbonyl (C=O) groups excluding carboxylic acids is 1. The monoisotopic (exact) mass is 470 g/mol. The highest BCUT2D eigenvalue weighted by Gasteiger charge is 2.44. The van der Waals surface area contributed by atoms with Gasteiger partial charge in [0, 0.05) is 25.2 Å². The van der Waals surface area contributed by atoms with E-state index >= 15 is 0 Å². The van der Waals surface area contributed by atoms with E-state index in [-0.39, 0.29) is 30.0 Å². The summed E-state index contributed by atoms with van der Waals surface area (Å²) in [4.78, 5) is 25.2. The minimum atomic E-state index is -1.41.